The second kappa shape index (κ2) is 7.29. The lowest BCUT2D eigenvalue weighted by molar-refractivity contribution is -0.124. The Morgan fingerprint density at radius 1 is 1.16 bits per heavy atom. The Hall–Kier alpha value is -1.35. The van der Waals surface area contributed by atoms with Gasteiger partial charge in [-0.3, -0.25) is 4.79 Å². The monoisotopic (exact) mass is 263 g/mol. The first kappa shape index (κ1) is 15.7. The summed E-state index contributed by atoms with van der Waals surface area (Å²) in [6, 6.07) is 7.98. The van der Waals surface area contributed by atoms with E-state index in [4.69, 9.17) is 0 Å². The number of amides is 1. The molecule has 3 nitrogen and oxygen atoms in total. The molecule has 0 radical (unpaired) electrons. The molecule has 2 atom stereocenters. The second-order valence-corrected chi connectivity index (χ2v) is 5.39. The van der Waals surface area contributed by atoms with Crippen molar-refractivity contribution in [1.82, 2.24) is 5.32 Å². The number of hydrogen-bond acceptors (Lipinski definition) is 2. The van der Waals surface area contributed by atoms with Crippen LogP contribution in [0.25, 0.3) is 0 Å². The van der Waals surface area contributed by atoms with E-state index in [2.05, 4.69) is 31.3 Å². The van der Waals surface area contributed by atoms with Crippen molar-refractivity contribution in [3.05, 3.63) is 35.4 Å². The van der Waals surface area contributed by atoms with Crippen LogP contribution in [0.4, 0.5) is 0 Å². The van der Waals surface area contributed by atoms with E-state index in [1.165, 1.54) is 5.56 Å². The average Bonchev–Trinajstić information content (AvgIpc) is 2.43. The van der Waals surface area contributed by atoms with Crippen molar-refractivity contribution < 1.29 is 9.90 Å². The SMILES string of the molecule is CCC(C)c1ccc(C(O)CNC(=O)C(C)C)cc1. The molecule has 0 spiro atoms. The van der Waals surface area contributed by atoms with E-state index < -0.39 is 6.10 Å². The standard InChI is InChI=1S/C16H25NO2/c1-5-12(4)13-6-8-14(9-7-13)15(18)10-17-16(19)11(2)3/h6-9,11-12,15,18H,5,10H2,1-4H3,(H,17,19). The van der Waals surface area contributed by atoms with Gasteiger partial charge in [0.15, 0.2) is 0 Å². The summed E-state index contributed by atoms with van der Waals surface area (Å²) >= 11 is 0. The van der Waals surface area contributed by atoms with E-state index >= 15 is 0 Å². The largest absolute Gasteiger partial charge is 0.387 e. The number of nitrogens with one attached hydrogen (secondary N) is 1. The zero-order valence-corrected chi connectivity index (χ0v) is 12.3. The molecule has 0 aliphatic rings. The molecule has 2 N–H and O–H groups in total. The Labute approximate surface area is 116 Å². The van der Waals surface area contributed by atoms with Crippen molar-refractivity contribution in [2.75, 3.05) is 6.54 Å². The van der Waals surface area contributed by atoms with Crippen molar-refractivity contribution in [2.45, 2.75) is 46.1 Å². The summed E-state index contributed by atoms with van der Waals surface area (Å²) in [6.07, 6.45) is 0.459. The lowest BCUT2D eigenvalue weighted by Gasteiger charge is -2.15. The Kier molecular flexibility index (Phi) is 6.03. The fraction of sp³-hybridized carbons (Fsp3) is 0.562. The molecule has 19 heavy (non-hydrogen) atoms. The highest BCUT2D eigenvalue weighted by molar-refractivity contribution is 5.77. The van der Waals surface area contributed by atoms with Gasteiger partial charge in [-0.25, -0.2) is 0 Å². The van der Waals surface area contributed by atoms with Gasteiger partial charge in [0, 0.05) is 12.5 Å². The number of carbonyl (C=O) groups is 1. The maximum Gasteiger partial charge on any atom is 0.222 e. The van der Waals surface area contributed by atoms with Gasteiger partial charge in [0.25, 0.3) is 0 Å². The maximum absolute atomic E-state index is 11.4. The van der Waals surface area contributed by atoms with Crippen molar-refractivity contribution in [2.24, 2.45) is 5.92 Å². The summed E-state index contributed by atoms with van der Waals surface area (Å²) in [5.74, 6) is 0.446. The summed E-state index contributed by atoms with van der Waals surface area (Å²) < 4.78 is 0. The first-order chi connectivity index (χ1) is 8.95. The Morgan fingerprint density at radius 2 is 1.68 bits per heavy atom. The van der Waals surface area contributed by atoms with Crippen LogP contribution in [0.1, 0.15) is 57.3 Å². The number of aliphatic hydroxyl groups excluding tert-OH is 1. The second-order valence-electron chi connectivity index (χ2n) is 5.39. The Morgan fingerprint density at radius 3 is 2.16 bits per heavy atom. The fourth-order valence-electron chi connectivity index (χ4n) is 1.80. The number of rotatable bonds is 6. The van der Waals surface area contributed by atoms with Crippen LogP contribution in [0.5, 0.6) is 0 Å². The molecule has 106 valence electrons. The minimum atomic E-state index is -0.645. The first-order valence-corrected chi connectivity index (χ1v) is 7.01. The summed E-state index contributed by atoms with van der Waals surface area (Å²) in [6.45, 7) is 8.29. The van der Waals surface area contributed by atoms with Crippen molar-refractivity contribution >= 4 is 5.91 Å². The predicted molar refractivity (Wildman–Crippen MR) is 78.0 cm³/mol. The smallest absolute Gasteiger partial charge is 0.222 e. The van der Waals surface area contributed by atoms with Crippen molar-refractivity contribution in [3.63, 3.8) is 0 Å². The molecule has 0 saturated carbocycles. The van der Waals surface area contributed by atoms with E-state index in [1.54, 1.807) is 0 Å². The van der Waals surface area contributed by atoms with Crippen LogP contribution < -0.4 is 5.32 Å². The normalized spacial score (nSPS) is 14.2. The van der Waals surface area contributed by atoms with Crippen LogP contribution in [0.2, 0.25) is 0 Å². The lowest BCUT2D eigenvalue weighted by Crippen LogP contribution is -2.31. The van der Waals surface area contributed by atoms with Gasteiger partial charge in [0.05, 0.1) is 6.10 Å². The summed E-state index contributed by atoms with van der Waals surface area (Å²) in [7, 11) is 0. The first-order valence-electron chi connectivity index (χ1n) is 7.01. The molecule has 0 fully saturated rings. The molecule has 0 aromatic heterocycles. The van der Waals surface area contributed by atoms with Crippen molar-refractivity contribution in [3.8, 4) is 0 Å². The third-order valence-corrected chi connectivity index (χ3v) is 3.50. The summed E-state index contributed by atoms with van der Waals surface area (Å²) in [4.78, 5) is 11.4. The van der Waals surface area contributed by atoms with Gasteiger partial charge in [0.2, 0.25) is 5.91 Å². The summed E-state index contributed by atoms with van der Waals surface area (Å²) in [5, 5.41) is 12.8. The van der Waals surface area contributed by atoms with Gasteiger partial charge < -0.3 is 10.4 Å². The molecule has 1 aromatic carbocycles. The van der Waals surface area contributed by atoms with Gasteiger partial charge in [0.1, 0.15) is 0 Å². The van der Waals surface area contributed by atoms with E-state index in [9.17, 15) is 9.90 Å². The fourth-order valence-corrected chi connectivity index (χ4v) is 1.80. The molecule has 0 aliphatic heterocycles. The van der Waals surface area contributed by atoms with Crippen LogP contribution in [0.3, 0.4) is 0 Å². The van der Waals surface area contributed by atoms with Crippen LogP contribution in [0, 0.1) is 5.92 Å². The predicted octanol–water partition coefficient (Wildman–Crippen LogP) is 3.01. The van der Waals surface area contributed by atoms with E-state index in [0.717, 1.165) is 12.0 Å². The minimum absolute atomic E-state index is 0.0322. The zero-order valence-electron chi connectivity index (χ0n) is 12.3. The maximum atomic E-state index is 11.4. The molecule has 3 heteroatoms. The molecule has 0 heterocycles. The molecule has 2 unspecified atom stereocenters. The highest BCUT2D eigenvalue weighted by Gasteiger charge is 2.12. The Balaban J connectivity index is 2.58. The van der Waals surface area contributed by atoms with E-state index in [1.807, 2.05) is 26.0 Å². The number of aliphatic hydroxyl groups is 1. The number of carbonyl (C=O) groups excluding carboxylic acids is 1. The zero-order chi connectivity index (χ0) is 14.4. The highest BCUT2D eigenvalue weighted by atomic mass is 16.3. The molecular formula is C16H25NO2. The van der Waals surface area contributed by atoms with Gasteiger partial charge in [-0.2, -0.15) is 0 Å². The van der Waals surface area contributed by atoms with Crippen LogP contribution in [-0.4, -0.2) is 17.6 Å². The average molecular weight is 263 g/mol. The Bertz CT molecular complexity index is 398. The van der Waals surface area contributed by atoms with Crippen LogP contribution in [0.15, 0.2) is 24.3 Å². The number of hydrogen-bond donors (Lipinski definition) is 2. The lowest BCUT2D eigenvalue weighted by atomic mass is 9.96. The molecule has 1 aromatic rings. The molecule has 1 amide bonds. The molecule has 1 rings (SSSR count). The quantitative estimate of drug-likeness (QED) is 0.829. The molecule has 0 bridgehead atoms. The van der Waals surface area contributed by atoms with Crippen molar-refractivity contribution in [1.29, 1.82) is 0 Å². The van der Waals surface area contributed by atoms with Gasteiger partial charge in [-0.1, -0.05) is 52.0 Å². The van der Waals surface area contributed by atoms with Gasteiger partial charge in [-0.15, -0.1) is 0 Å². The number of benzene rings is 1. The van der Waals surface area contributed by atoms with Gasteiger partial charge in [-0.05, 0) is 23.5 Å². The van der Waals surface area contributed by atoms with E-state index in [-0.39, 0.29) is 18.4 Å². The minimum Gasteiger partial charge on any atom is -0.387 e. The molecule has 0 aliphatic carbocycles. The topological polar surface area (TPSA) is 49.3 Å². The summed E-state index contributed by atoms with van der Waals surface area (Å²) in [5.41, 5.74) is 2.13. The van der Waals surface area contributed by atoms with Crippen LogP contribution >= 0.6 is 0 Å². The van der Waals surface area contributed by atoms with E-state index in [0.29, 0.717) is 5.92 Å². The third-order valence-electron chi connectivity index (χ3n) is 3.50. The molecule has 0 saturated heterocycles. The van der Waals surface area contributed by atoms with Gasteiger partial charge >= 0.3 is 0 Å². The van der Waals surface area contributed by atoms with Crippen LogP contribution in [-0.2, 0) is 4.79 Å². The third kappa shape index (κ3) is 4.67. The highest BCUT2D eigenvalue weighted by Crippen LogP contribution is 2.21. The molecular weight excluding hydrogens is 238 g/mol.